The maximum Gasteiger partial charge on any atom is 0.325 e. The van der Waals surface area contributed by atoms with Crippen LogP contribution in [0.15, 0.2) is 59.5 Å². The highest BCUT2D eigenvalue weighted by Crippen LogP contribution is 2.23. The van der Waals surface area contributed by atoms with Gasteiger partial charge in [0.25, 0.3) is 0 Å². The van der Waals surface area contributed by atoms with Crippen molar-refractivity contribution >= 4 is 18.0 Å². The van der Waals surface area contributed by atoms with Crippen molar-refractivity contribution in [2.24, 2.45) is 0 Å². The van der Waals surface area contributed by atoms with E-state index in [0.717, 1.165) is 16.4 Å². The lowest BCUT2D eigenvalue weighted by Crippen LogP contribution is -2.30. The van der Waals surface area contributed by atoms with Gasteiger partial charge in [0.1, 0.15) is 11.5 Å². The van der Waals surface area contributed by atoms with E-state index >= 15 is 0 Å². The van der Waals surface area contributed by atoms with Crippen LogP contribution >= 0.6 is 11.9 Å². The van der Waals surface area contributed by atoms with E-state index in [2.05, 4.69) is 10.0 Å². The second-order valence-corrected chi connectivity index (χ2v) is 4.83. The Morgan fingerprint density at radius 3 is 2.35 bits per heavy atom. The van der Waals surface area contributed by atoms with Crippen LogP contribution in [0.1, 0.15) is 6.92 Å². The van der Waals surface area contributed by atoms with Crippen molar-refractivity contribution in [3.63, 3.8) is 0 Å². The van der Waals surface area contributed by atoms with Gasteiger partial charge in [0.05, 0.1) is 0 Å². The summed E-state index contributed by atoms with van der Waals surface area (Å²) in [6.07, 6.45) is 0. The van der Waals surface area contributed by atoms with Gasteiger partial charge in [-0.3, -0.25) is 4.72 Å². The number of ether oxygens (including phenoxy) is 1. The minimum absolute atomic E-state index is 0.192. The maximum absolute atomic E-state index is 11.3. The Kier molecular flexibility index (Phi) is 5.32. The van der Waals surface area contributed by atoms with Gasteiger partial charge in [-0.1, -0.05) is 18.2 Å². The third-order valence-electron chi connectivity index (χ3n) is 2.40. The highest BCUT2D eigenvalue weighted by Gasteiger charge is 2.01. The maximum atomic E-state index is 11.3. The first-order chi connectivity index (χ1) is 9.78. The molecular weight excluding hydrogens is 272 g/mol. The molecule has 0 radical (unpaired) electrons. The molecule has 0 fully saturated rings. The van der Waals surface area contributed by atoms with Crippen molar-refractivity contribution in [3.05, 3.63) is 54.6 Å². The molecule has 0 aromatic heterocycles. The number of nitrogens with one attached hydrogen (secondary N) is 2. The molecule has 0 spiro atoms. The lowest BCUT2D eigenvalue weighted by Gasteiger charge is -2.07. The molecule has 0 saturated heterocycles. The van der Waals surface area contributed by atoms with Gasteiger partial charge in [-0.2, -0.15) is 0 Å². The zero-order valence-electron chi connectivity index (χ0n) is 11.1. The molecule has 0 bridgehead atoms. The van der Waals surface area contributed by atoms with E-state index < -0.39 is 0 Å². The minimum atomic E-state index is -0.192. The van der Waals surface area contributed by atoms with Crippen LogP contribution in [0.2, 0.25) is 0 Å². The van der Waals surface area contributed by atoms with Gasteiger partial charge < -0.3 is 10.1 Å². The summed E-state index contributed by atoms with van der Waals surface area (Å²) in [6.45, 7) is 2.48. The smallest absolute Gasteiger partial charge is 0.325 e. The summed E-state index contributed by atoms with van der Waals surface area (Å²) in [7, 11) is 0. The fraction of sp³-hybridized carbons (Fsp3) is 0.133. The van der Waals surface area contributed by atoms with Crippen LogP contribution in [-0.2, 0) is 0 Å². The third kappa shape index (κ3) is 4.51. The molecule has 2 rings (SSSR count). The number of hydrogen-bond acceptors (Lipinski definition) is 3. The number of amides is 2. The summed E-state index contributed by atoms with van der Waals surface area (Å²) >= 11 is 1.27. The third-order valence-corrected chi connectivity index (χ3v) is 3.20. The standard InChI is InChI=1S/C15H16N2O2S/c1-2-16-15(18)17-20-14-10-8-13(9-11-14)19-12-6-4-3-5-7-12/h3-11H,2H2,1H3,(H2,16,17,18). The molecule has 0 aliphatic heterocycles. The molecule has 0 aliphatic carbocycles. The topological polar surface area (TPSA) is 50.4 Å². The highest BCUT2D eigenvalue weighted by molar-refractivity contribution is 7.98. The Morgan fingerprint density at radius 1 is 1.05 bits per heavy atom. The van der Waals surface area contributed by atoms with Gasteiger partial charge in [-0.25, -0.2) is 4.79 Å². The molecule has 2 aromatic carbocycles. The Hall–Kier alpha value is -2.14. The monoisotopic (exact) mass is 288 g/mol. The van der Waals surface area contributed by atoms with Crippen LogP contribution in [-0.4, -0.2) is 12.6 Å². The van der Waals surface area contributed by atoms with Crippen molar-refractivity contribution in [2.75, 3.05) is 6.54 Å². The number of hydrogen-bond donors (Lipinski definition) is 2. The Bertz CT molecular complexity index is 544. The minimum Gasteiger partial charge on any atom is -0.457 e. The van der Waals surface area contributed by atoms with Crippen molar-refractivity contribution < 1.29 is 9.53 Å². The van der Waals surface area contributed by atoms with E-state index in [1.807, 2.05) is 61.5 Å². The second kappa shape index (κ2) is 7.45. The van der Waals surface area contributed by atoms with E-state index in [0.29, 0.717) is 6.54 Å². The normalized spacial score (nSPS) is 9.85. The zero-order chi connectivity index (χ0) is 14.2. The predicted molar refractivity (Wildman–Crippen MR) is 81.0 cm³/mol. The quantitative estimate of drug-likeness (QED) is 0.823. The number of benzene rings is 2. The van der Waals surface area contributed by atoms with Crippen molar-refractivity contribution in [1.82, 2.24) is 10.0 Å². The van der Waals surface area contributed by atoms with Gasteiger partial charge in [-0.15, -0.1) is 0 Å². The molecular formula is C15H16N2O2S. The van der Waals surface area contributed by atoms with Crippen LogP contribution in [0, 0.1) is 0 Å². The molecule has 0 unspecified atom stereocenters. The molecule has 2 N–H and O–H groups in total. The van der Waals surface area contributed by atoms with Crippen LogP contribution in [0.4, 0.5) is 4.79 Å². The molecule has 0 saturated carbocycles. The van der Waals surface area contributed by atoms with E-state index in [1.165, 1.54) is 11.9 Å². The fourth-order valence-corrected chi connectivity index (χ4v) is 2.06. The Balaban J connectivity index is 1.88. The van der Waals surface area contributed by atoms with E-state index in [9.17, 15) is 4.79 Å². The predicted octanol–water partition coefficient (Wildman–Crippen LogP) is 3.81. The van der Waals surface area contributed by atoms with Crippen molar-refractivity contribution in [1.29, 1.82) is 0 Å². The summed E-state index contributed by atoms with van der Waals surface area (Å²) in [5.41, 5.74) is 0. The summed E-state index contributed by atoms with van der Waals surface area (Å²) in [5, 5.41) is 2.66. The van der Waals surface area contributed by atoms with Crippen LogP contribution < -0.4 is 14.8 Å². The molecule has 2 amide bonds. The molecule has 5 heteroatoms. The fourth-order valence-electron chi connectivity index (χ4n) is 1.50. The van der Waals surface area contributed by atoms with E-state index in [-0.39, 0.29) is 6.03 Å². The summed E-state index contributed by atoms with van der Waals surface area (Å²) in [4.78, 5) is 12.2. The molecule has 20 heavy (non-hydrogen) atoms. The van der Waals surface area contributed by atoms with Gasteiger partial charge in [0.2, 0.25) is 0 Å². The average Bonchev–Trinajstić information content (AvgIpc) is 2.48. The van der Waals surface area contributed by atoms with Gasteiger partial charge in [0, 0.05) is 11.4 Å². The molecule has 0 aliphatic rings. The molecule has 2 aromatic rings. The van der Waals surface area contributed by atoms with Crippen molar-refractivity contribution in [3.8, 4) is 11.5 Å². The number of rotatable bonds is 5. The van der Waals surface area contributed by atoms with Crippen LogP contribution in [0.25, 0.3) is 0 Å². The van der Waals surface area contributed by atoms with Gasteiger partial charge >= 0.3 is 6.03 Å². The highest BCUT2D eigenvalue weighted by atomic mass is 32.2. The molecule has 104 valence electrons. The average molecular weight is 288 g/mol. The Labute approximate surface area is 122 Å². The summed E-state index contributed by atoms with van der Waals surface area (Å²) in [5.74, 6) is 1.56. The number of urea groups is 1. The molecule has 0 atom stereocenters. The number of carbonyl (C=O) groups excluding carboxylic acids is 1. The van der Waals surface area contributed by atoms with Crippen LogP contribution in [0.5, 0.6) is 11.5 Å². The largest absolute Gasteiger partial charge is 0.457 e. The first-order valence-electron chi connectivity index (χ1n) is 6.31. The molecule has 0 heterocycles. The number of para-hydroxylation sites is 1. The SMILES string of the molecule is CCNC(=O)NSc1ccc(Oc2ccccc2)cc1. The number of carbonyl (C=O) groups is 1. The van der Waals surface area contributed by atoms with Crippen molar-refractivity contribution in [2.45, 2.75) is 11.8 Å². The first kappa shape index (κ1) is 14.3. The Morgan fingerprint density at radius 2 is 1.70 bits per heavy atom. The van der Waals surface area contributed by atoms with Crippen LogP contribution in [0.3, 0.4) is 0 Å². The lowest BCUT2D eigenvalue weighted by molar-refractivity contribution is 0.247. The summed E-state index contributed by atoms with van der Waals surface area (Å²) < 4.78 is 8.38. The molecule has 4 nitrogen and oxygen atoms in total. The second-order valence-electron chi connectivity index (χ2n) is 3.95. The summed E-state index contributed by atoms with van der Waals surface area (Å²) in [6, 6.07) is 16.9. The van der Waals surface area contributed by atoms with Gasteiger partial charge in [0.15, 0.2) is 0 Å². The lowest BCUT2D eigenvalue weighted by atomic mass is 10.3. The van der Waals surface area contributed by atoms with E-state index in [4.69, 9.17) is 4.74 Å². The van der Waals surface area contributed by atoms with E-state index in [1.54, 1.807) is 0 Å². The van der Waals surface area contributed by atoms with Gasteiger partial charge in [-0.05, 0) is 55.3 Å². The first-order valence-corrected chi connectivity index (χ1v) is 7.13. The zero-order valence-corrected chi connectivity index (χ0v) is 11.9.